The molecule has 8 heteroatoms. The number of benzene rings is 1. The lowest BCUT2D eigenvalue weighted by atomic mass is 10.2. The van der Waals surface area contributed by atoms with E-state index < -0.39 is 5.97 Å². The first-order valence-electron chi connectivity index (χ1n) is 8.42. The van der Waals surface area contributed by atoms with E-state index in [1.807, 2.05) is 24.3 Å². The van der Waals surface area contributed by atoms with E-state index in [9.17, 15) is 4.79 Å². The summed E-state index contributed by atoms with van der Waals surface area (Å²) < 4.78 is 17.5. The van der Waals surface area contributed by atoms with E-state index in [0.717, 1.165) is 22.3 Å². The molecule has 0 aliphatic heterocycles. The zero-order valence-electron chi connectivity index (χ0n) is 15.6. The van der Waals surface area contributed by atoms with E-state index in [1.165, 1.54) is 18.9 Å². The lowest BCUT2D eigenvalue weighted by Crippen LogP contribution is -2.05. The molecule has 3 aromatic rings. The molecule has 0 saturated carbocycles. The van der Waals surface area contributed by atoms with Gasteiger partial charge in [0.1, 0.15) is 11.5 Å². The monoisotopic (exact) mass is 387 g/mol. The fourth-order valence-electron chi connectivity index (χ4n) is 2.58. The van der Waals surface area contributed by atoms with Crippen molar-refractivity contribution in [2.24, 2.45) is 0 Å². The van der Waals surface area contributed by atoms with Gasteiger partial charge < -0.3 is 13.9 Å². The third kappa shape index (κ3) is 4.16. The summed E-state index contributed by atoms with van der Waals surface area (Å²) in [6, 6.07) is 11.3. The molecule has 7 nitrogen and oxygen atoms in total. The van der Waals surface area contributed by atoms with Crippen LogP contribution in [0, 0.1) is 0 Å². The van der Waals surface area contributed by atoms with Crippen LogP contribution in [-0.2, 0) is 10.5 Å². The number of hydrogen-bond acceptors (Lipinski definition) is 7. The maximum absolute atomic E-state index is 11.5. The van der Waals surface area contributed by atoms with Crippen LogP contribution in [0.25, 0.3) is 11.4 Å². The number of carbonyl (C=O) groups is 1. The Morgan fingerprint density at radius 1 is 1.15 bits per heavy atom. The number of methoxy groups -OCH3 is 2. The van der Waals surface area contributed by atoms with Gasteiger partial charge in [0.05, 0.1) is 20.0 Å². The van der Waals surface area contributed by atoms with Crippen LogP contribution in [0.1, 0.15) is 36.2 Å². The van der Waals surface area contributed by atoms with E-state index >= 15 is 0 Å². The van der Waals surface area contributed by atoms with Crippen LogP contribution in [0.15, 0.2) is 46.0 Å². The average Bonchev–Trinajstić information content (AvgIpc) is 3.32. The largest absolute Gasteiger partial charge is 0.497 e. The Morgan fingerprint density at radius 3 is 2.52 bits per heavy atom. The number of furan rings is 1. The van der Waals surface area contributed by atoms with Crippen LogP contribution in [0.3, 0.4) is 0 Å². The van der Waals surface area contributed by atoms with Crippen LogP contribution in [-0.4, -0.2) is 35.0 Å². The van der Waals surface area contributed by atoms with Crippen LogP contribution >= 0.6 is 11.8 Å². The zero-order chi connectivity index (χ0) is 19.4. The summed E-state index contributed by atoms with van der Waals surface area (Å²) in [5.41, 5.74) is 0.967. The first-order valence-corrected chi connectivity index (χ1v) is 9.41. The van der Waals surface area contributed by atoms with Gasteiger partial charge in [-0.25, -0.2) is 4.79 Å². The highest BCUT2D eigenvalue weighted by Gasteiger charge is 2.18. The predicted octanol–water partition coefficient (Wildman–Crippen LogP) is 4.21. The van der Waals surface area contributed by atoms with Crippen LogP contribution in [0.4, 0.5) is 0 Å². The zero-order valence-corrected chi connectivity index (χ0v) is 16.4. The highest BCUT2D eigenvalue weighted by molar-refractivity contribution is 7.98. The van der Waals surface area contributed by atoms with Crippen molar-refractivity contribution in [1.29, 1.82) is 0 Å². The van der Waals surface area contributed by atoms with Crippen molar-refractivity contribution in [1.82, 2.24) is 14.8 Å². The van der Waals surface area contributed by atoms with E-state index in [2.05, 4.69) is 33.3 Å². The predicted molar refractivity (Wildman–Crippen MR) is 102 cm³/mol. The standard InChI is InChI=1S/C19H21N3O4S/c1-12(2)22-17(13-5-7-14(24-3)8-6-13)20-21-19(22)27-11-15-9-10-16(26-15)18(23)25-4/h5-10,12H,11H2,1-4H3. The molecule has 0 N–H and O–H groups in total. The molecule has 0 atom stereocenters. The lowest BCUT2D eigenvalue weighted by Gasteiger charge is -2.13. The lowest BCUT2D eigenvalue weighted by molar-refractivity contribution is 0.0563. The molecule has 2 heterocycles. The Bertz CT molecular complexity index is 915. The molecule has 0 fully saturated rings. The first-order chi connectivity index (χ1) is 13.0. The summed E-state index contributed by atoms with van der Waals surface area (Å²) in [7, 11) is 2.96. The van der Waals surface area contributed by atoms with Crippen LogP contribution < -0.4 is 4.74 Å². The summed E-state index contributed by atoms with van der Waals surface area (Å²) in [5.74, 6) is 2.50. The summed E-state index contributed by atoms with van der Waals surface area (Å²) in [6.07, 6.45) is 0. The number of carbonyl (C=O) groups excluding carboxylic acids is 1. The molecule has 0 aliphatic rings. The van der Waals surface area contributed by atoms with Crippen molar-refractivity contribution in [3.05, 3.63) is 47.9 Å². The Hall–Kier alpha value is -2.74. The van der Waals surface area contributed by atoms with Gasteiger partial charge in [-0.3, -0.25) is 4.57 Å². The normalized spacial score (nSPS) is 11.0. The quantitative estimate of drug-likeness (QED) is 0.444. The number of esters is 1. The third-order valence-electron chi connectivity index (χ3n) is 3.92. The molecule has 0 spiro atoms. The fourth-order valence-corrected chi connectivity index (χ4v) is 3.54. The van der Waals surface area contributed by atoms with Gasteiger partial charge in [-0.1, -0.05) is 11.8 Å². The molecule has 27 heavy (non-hydrogen) atoms. The van der Waals surface area contributed by atoms with Gasteiger partial charge in [-0.05, 0) is 50.2 Å². The molecule has 0 radical (unpaired) electrons. The number of thioether (sulfide) groups is 1. The second-order valence-electron chi connectivity index (χ2n) is 6.04. The van der Waals surface area contributed by atoms with E-state index in [0.29, 0.717) is 11.5 Å². The van der Waals surface area contributed by atoms with E-state index in [4.69, 9.17) is 9.15 Å². The van der Waals surface area contributed by atoms with E-state index in [-0.39, 0.29) is 11.8 Å². The molecular formula is C19H21N3O4S. The molecule has 0 saturated heterocycles. The van der Waals surface area contributed by atoms with Crippen LogP contribution in [0.5, 0.6) is 5.75 Å². The Morgan fingerprint density at radius 2 is 1.89 bits per heavy atom. The van der Waals surface area contributed by atoms with Crippen molar-refractivity contribution >= 4 is 17.7 Å². The second kappa shape index (κ2) is 8.30. The maximum atomic E-state index is 11.5. The Labute approximate surface area is 161 Å². The maximum Gasteiger partial charge on any atom is 0.373 e. The second-order valence-corrected chi connectivity index (χ2v) is 6.99. The molecule has 2 aromatic heterocycles. The smallest absolute Gasteiger partial charge is 0.373 e. The van der Waals surface area contributed by atoms with Crippen molar-refractivity contribution in [3.63, 3.8) is 0 Å². The fraction of sp³-hybridized carbons (Fsp3) is 0.316. The highest BCUT2D eigenvalue weighted by Crippen LogP contribution is 2.30. The molecule has 0 aliphatic carbocycles. The molecule has 1 aromatic carbocycles. The van der Waals surface area contributed by atoms with Crippen molar-refractivity contribution in [2.75, 3.05) is 14.2 Å². The third-order valence-corrected chi connectivity index (χ3v) is 4.89. The van der Waals surface area contributed by atoms with Gasteiger partial charge in [0.25, 0.3) is 0 Å². The molecule has 0 amide bonds. The first kappa shape index (κ1) is 19.0. The number of nitrogens with zero attached hydrogens (tertiary/aromatic N) is 3. The van der Waals surface area contributed by atoms with Gasteiger partial charge in [0.15, 0.2) is 11.0 Å². The molecule has 0 bridgehead atoms. The summed E-state index contributed by atoms with van der Waals surface area (Å²) in [4.78, 5) is 11.5. The number of hydrogen-bond donors (Lipinski definition) is 0. The molecular weight excluding hydrogens is 366 g/mol. The summed E-state index contributed by atoms with van der Waals surface area (Å²) in [6.45, 7) is 4.17. The van der Waals surface area contributed by atoms with Crippen molar-refractivity contribution in [3.8, 4) is 17.1 Å². The minimum Gasteiger partial charge on any atom is -0.497 e. The number of ether oxygens (including phenoxy) is 2. The van der Waals surface area contributed by atoms with Crippen molar-refractivity contribution in [2.45, 2.75) is 30.8 Å². The molecule has 0 unspecified atom stereocenters. The van der Waals surface area contributed by atoms with Crippen molar-refractivity contribution < 1.29 is 18.7 Å². The van der Waals surface area contributed by atoms with Crippen LogP contribution in [0.2, 0.25) is 0 Å². The van der Waals surface area contributed by atoms with Gasteiger partial charge in [-0.2, -0.15) is 0 Å². The van der Waals surface area contributed by atoms with Gasteiger partial charge >= 0.3 is 5.97 Å². The molecule has 142 valence electrons. The summed E-state index contributed by atoms with van der Waals surface area (Å²) >= 11 is 1.50. The topological polar surface area (TPSA) is 79.4 Å². The SMILES string of the molecule is COC(=O)c1ccc(CSc2nnc(-c3ccc(OC)cc3)n2C(C)C)o1. The number of rotatable bonds is 7. The average molecular weight is 387 g/mol. The van der Waals surface area contributed by atoms with Gasteiger partial charge in [-0.15, -0.1) is 10.2 Å². The Balaban J connectivity index is 1.80. The van der Waals surface area contributed by atoms with E-state index in [1.54, 1.807) is 19.2 Å². The minimum atomic E-state index is -0.488. The Kier molecular flexibility index (Phi) is 5.85. The molecule has 3 rings (SSSR count). The highest BCUT2D eigenvalue weighted by atomic mass is 32.2. The number of aromatic nitrogens is 3. The van der Waals surface area contributed by atoms with Gasteiger partial charge in [0, 0.05) is 11.6 Å². The minimum absolute atomic E-state index is 0.182. The van der Waals surface area contributed by atoms with Gasteiger partial charge in [0.2, 0.25) is 5.76 Å². The summed E-state index contributed by atoms with van der Waals surface area (Å²) in [5, 5.41) is 9.49.